The van der Waals surface area contributed by atoms with E-state index in [0.29, 0.717) is 5.76 Å². The molecule has 0 N–H and O–H groups in total. The summed E-state index contributed by atoms with van der Waals surface area (Å²) in [6, 6.07) is 7.89. The largest absolute Gasteiger partial charge is 0.467 e. The van der Waals surface area contributed by atoms with E-state index in [0.717, 1.165) is 18.9 Å². The van der Waals surface area contributed by atoms with Crippen molar-refractivity contribution in [2.24, 2.45) is 0 Å². The van der Waals surface area contributed by atoms with Gasteiger partial charge >= 0.3 is 6.18 Å². The number of alkyl halides is 3. The molecule has 1 unspecified atom stereocenters. The van der Waals surface area contributed by atoms with Crippen LogP contribution < -0.4 is 0 Å². The molecule has 0 bridgehead atoms. The van der Waals surface area contributed by atoms with Gasteiger partial charge in [-0.2, -0.15) is 13.2 Å². The molecule has 1 aromatic carbocycles. The fourth-order valence-electron chi connectivity index (χ4n) is 2.73. The molecule has 1 aromatic heterocycles. The van der Waals surface area contributed by atoms with E-state index in [2.05, 4.69) is 0 Å². The van der Waals surface area contributed by atoms with Gasteiger partial charge in [-0.05, 0) is 44.0 Å². The maximum absolute atomic E-state index is 13.2. The van der Waals surface area contributed by atoms with Crippen LogP contribution in [0.25, 0.3) is 0 Å². The number of carbonyl (C=O) groups is 1. The van der Waals surface area contributed by atoms with Crippen LogP contribution in [0.3, 0.4) is 0 Å². The monoisotopic (exact) mass is 323 g/mol. The normalized spacial score (nSPS) is 16.2. The van der Waals surface area contributed by atoms with Crippen molar-refractivity contribution in [2.45, 2.75) is 38.0 Å². The standard InChI is InChI=1S/C17H16F3NO2/c1-11(15-7-4-10-23-15)21(12-8-9-12)16(22)13-5-2-3-6-14(13)17(18,19)20/h2-7,10-12H,8-9H2,1H3. The first-order valence-corrected chi connectivity index (χ1v) is 7.42. The fraction of sp³-hybridized carbons (Fsp3) is 0.353. The van der Waals surface area contributed by atoms with Crippen molar-refractivity contribution in [2.75, 3.05) is 0 Å². The van der Waals surface area contributed by atoms with Gasteiger partial charge in [-0.3, -0.25) is 4.79 Å². The third-order valence-corrected chi connectivity index (χ3v) is 4.01. The van der Waals surface area contributed by atoms with E-state index in [1.807, 2.05) is 0 Å². The zero-order valence-electron chi connectivity index (χ0n) is 12.5. The lowest BCUT2D eigenvalue weighted by molar-refractivity contribution is -0.138. The summed E-state index contributed by atoms with van der Waals surface area (Å²) in [5, 5.41) is 0. The highest BCUT2D eigenvalue weighted by molar-refractivity contribution is 5.96. The molecular weight excluding hydrogens is 307 g/mol. The number of hydrogen-bond donors (Lipinski definition) is 0. The Balaban J connectivity index is 1.97. The first-order chi connectivity index (χ1) is 10.9. The van der Waals surface area contributed by atoms with Crippen LogP contribution in [0, 0.1) is 0 Å². The molecule has 122 valence electrons. The van der Waals surface area contributed by atoms with Gasteiger partial charge < -0.3 is 9.32 Å². The van der Waals surface area contributed by atoms with Crippen molar-refractivity contribution >= 4 is 5.91 Å². The van der Waals surface area contributed by atoms with Gasteiger partial charge in [-0.15, -0.1) is 0 Å². The molecule has 6 heteroatoms. The summed E-state index contributed by atoms with van der Waals surface area (Å²) in [5.41, 5.74) is -1.22. The minimum Gasteiger partial charge on any atom is -0.467 e. The quantitative estimate of drug-likeness (QED) is 0.819. The third kappa shape index (κ3) is 3.11. The predicted molar refractivity (Wildman–Crippen MR) is 77.8 cm³/mol. The molecular formula is C17H16F3NO2. The van der Waals surface area contributed by atoms with Gasteiger partial charge in [0.1, 0.15) is 5.76 Å². The molecule has 1 aliphatic rings. The van der Waals surface area contributed by atoms with Crippen LogP contribution >= 0.6 is 0 Å². The molecule has 1 fully saturated rings. The highest BCUT2D eigenvalue weighted by atomic mass is 19.4. The number of amides is 1. The number of hydrogen-bond acceptors (Lipinski definition) is 2. The van der Waals surface area contributed by atoms with Gasteiger partial charge in [-0.25, -0.2) is 0 Å². The van der Waals surface area contributed by atoms with E-state index >= 15 is 0 Å². The number of nitrogens with zero attached hydrogens (tertiary/aromatic N) is 1. The SMILES string of the molecule is CC(c1ccco1)N(C(=O)c1ccccc1C(F)(F)F)C1CC1. The highest BCUT2D eigenvalue weighted by Crippen LogP contribution is 2.38. The van der Waals surface area contributed by atoms with Crippen molar-refractivity contribution in [3.8, 4) is 0 Å². The molecule has 1 atom stereocenters. The zero-order valence-corrected chi connectivity index (χ0v) is 12.5. The smallest absolute Gasteiger partial charge is 0.417 e. The molecule has 3 nitrogen and oxygen atoms in total. The van der Waals surface area contributed by atoms with Crippen molar-refractivity contribution in [3.05, 3.63) is 59.5 Å². The maximum atomic E-state index is 13.2. The molecule has 0 saturated heterocycles. The number of benzene rings is 1. The average Bonchev–Trinajstić information content (AvgIpc) is 3.18. The molecule has 1 amide bonds. The first kappa shape index (κ1) is 15.6. The summed E-state index contributed by atoms with van der Waals surface area (Å²) in [5.74, 6) is -0.0425. The third-order valence-electron chi connectivity index (χ3n) is 4.01. The summed E-state index contributed by atoms with van der Waals surface area (Å²) in [6.45, 7) is 1.77. The van der Waals surface area contributed by atoms with Crippen molar-refractivity contribution in [1.29, 1.82) is 0 Å². The first-order valence-electron chi connectivity index (χ1n) is 7.42. The molecule has 1 saturated carbocycles. The van der Waals surface area contributed by atoms with Crippen LogP contribution in [0.2, 0.25) is 0 Å². The lowest BCUT2D eigenvalue weighted by atomic mass is 10.0. The van der Waals surface area contributed by atoms with E-state index in [4.69, 9.17) is 4.42 Å². The van der Waals surface area contributed by atoms with Gasteiger partial charge in [0.25, 0.3) is 5.91 Å². The summed E-state index contributed by atoms with van der Waals surface area (Å²) >= 11 is 0. The van der Waals surface area contributed by atoms with E-state index in [9.17, 15) is 18.0 Å². The van der Waals surface area contributed by atoms with Crippen molar-refractivity contribution < 1.29 is 22.4 Å². The van der Waals surface area contributed by atoms with Crippen LogP contribution in [-0.4, -0.2) is 16.8 Å². The van der Waals surface area contributed by atoms with E-state index in [1.54, 1.807) is 19.1 Å². The number of halogens is 3. The van der Waals surface area contributed by atoms with Crippen LogP contribution in [0.15, 0.2) is 47.1 Å². The van der Waals surface area contributed by atoms with Crippen molar-refractivity contribution in [3.63, 3.8) is 0 Å². The van der Waals surface area contributed by atoms with Gasteiger partial charge in [0, 0.05) is 6.04 Å². The van der Waals surface area contributed by atoms with Gasteiger partial charge in [0.2, 0.25) is 0 Å². The fourth-order valence-corrected chi connectivity index (χ4v) is 2.73. The Kier molecular flexibility index (Phi) is 3.92. The Bertz CT molecular complexity index is 690. The molecule has 23 heavy (non-hydrogen) atoms. The molecule has 0 aliphatic heterocycles. The molecule has 1 aliphatic carbocycles. The van der Waals surface area contributed by atoms with Crippen LogP contribution in [-0.2, 0) is 6.18 Å². The molecule has 0 radical (unpaired) electrons. The Hall–Kier alpha value is -2.24. The summed E-state index contributed by atoms with van der Waals surface area (Å²) in [7, 11) is 0. The molecule has 1 heterocycles. The Morgan fingerprint density at radius 1 is 1.22 bits per heavy atom. The van der Waals surface area contributed by atoms with Gasteiger partial charge in [0.05, 0.1) is 23.4 Å². The van der Waals surface area contributed by atoms with Crippen LogP contribution in [0.5, 0.6) is 0 Å². The van der Waals surface area contributed by atoms with E-state index in [1.165, 1.54) is 29.4 Å². The summed E-state index contributed by atoms with van der Waals surface area (Å²) in [4.78, 5) is 14.3. The Labute approximate surface area is 131 Å². The van der Waals surface area contributed by atoms with Crippen molar-refractivity contribution in [1.82, 2.24) is 4.90 Å². The minimum absolute atomic E-state index is 0.0381. The molecule has 0 spiro atoms. The topological polar surface area (TPSA) is 33.5 Å². The number of carbonyl (C=O) groups excluding carboxylic acids is 1. The number of rotatable bonds is 4. The minimum atomic E-state index is -4.56. The lowest BCUT2D eigenvalue weighted by Gasteiger charge is -2.29. The second kappa shape index (κ2) is 5.76. The Morgan fingerprint density at radius 3 is 2.48 bits per heavy atom. The maximum Gasteiger partial charge on any atom is 0.417 e. The Morgan fingerprint density at radius 2 is 1.91 bits per heavy atom. The summed E-state index contributed by atoms with van der Waals surface area (Å²) < 4.78 is 44.8. The molecule has 3 rings (SSSR count). The van der Waals surface area contributed by atoms with Gasteiger partial charge in [0.15, 0.2) is 0 Å². The summed E-state index contributed by atoms with van der Waals surface area (Å²) in [6.07, 6.45) is -1.48. The van der Waals surface area contributed by atoms with Gasteiger partial charge in [-0.1, -0.05) is 12.1 Å². The van der Waals surface area contributed by atoms with Crippen LogP contribution in [0.1, 0.15) is 47.5 Å². The van der Waals surface area contributed by atoms with E-state index < -0.39 is 23.7 Å². The molecule has 2 aromatic rings. The zero-order chi connectivity index (χ0) is 16.6. The second-order valence-corrected chi connectivity index (χ2v) is 5.68. The van der Waals surface area contributed by atoms with Crippen LogP contribution in [0.4, 0.5) is 13.2 Å². The lowest BCUT2D eigenvalue weighted by Crippen LogP contribution is -2.36. The van der Waals surface area contributed by atoms with E-state index in [-0.39, 0.29) is 11.6 Å². The second-order valence-electron chi connectivity index (χ2n) is 5.68. The predicted octanol–water partition coefficient (Wildman–Crippen LogP) is 4.66. The number of furan rings is 1. The average molecular weight is 323 g/mol. The highest BCUT2D eigenvalue weighted by Gasteiger charge is 2.41.